The van der Waals surface area contributed by atoms with Crippen molar-refractivity contribution in [3.8, 4) is 0 Å². The van der Waals surface area contributed by atoms with Crippen molar-refractivity contribution in [2.75, 3.05) is 6.54 Å². The van der Waals surface area contributed by atoms with Crippen LogP contribution in [-0.2, 0) is 17.8 Å². The van der Waals surface area contributed by atoms with Crippen LogP contribution in [0.5, 0.6) is 0 Å². The summed E-state index contributed by atoms with van der Waals surface area (Å²) in [6.45, 7) is 1.18. The SMILES string of the molecule is O=C(Cn1cncn1)N1CCCC[C@H]1CCc1cccs1. The summed E-state index contributed by atoms with van der Waals surface area (Å²) in [5.74, 6) is 0.163. The van der Waals surface area contributed by atoms with E-state index in [1.165, 1.54) is 17.6 Å². The lowest BCUT2D eigenvalue weighted by atomic mass is 9.97. The molecule has 0 aromatic carbocycles. The number of piperidine rings is 1. The number of hydrogen-bond donors (Lipinski definition) is 0. The Morgan fingerprint density at radius 2 is 2.38 bits per heavy atom. The number of aromatic nitrogens is 3. The summed E-state index contributed by atoms with van der Waals surface area (Å²) in [5, 5.41) is 6.14. The zero-order valence-corrected chi connectivity index (χ0v) is 12.8. The summed E-state index contributed by atoms with van der Waals surface area (Å²) in [6, 6.07) is 4.64. The molecule has 0 aliphatic carbocycles. The van der Waals surface area contributed by atoms with Crippen molar-refractivity contribution in [2.45, 2.75) is 44.7 Å². The lowest BCUT2D eigenvalue weighted by Gasteiger charge is -2.36. The smallest absolute Gasteiger partial charge is 0.244 e. The van der Waals surface area contributed by atoms with E-state index >= 15 is 0 Å². The summed E-state index contributed by atoms with van der Waals surface area (Å²) < 4.78 is 1.60. The minimum absolute atomic E-state index is 0.163. The fourth-order valence-electron chi connectivity index (χ4n) is 2.94. The normalized spacial score (nSPS) is 18.9. The highest BCUT2D eigenvalue weighted by molar-refractivity contribution is 7.09. The third-order valence-corrected chi connectivity index (χ3v) is 4.95. The van der Waals surface area contributed by atoms with Gasteiger partial charge in [0.2, 0.25) is 5.91 Å². The van der Waals surface area contributed by atoms with Crippen LogP contribution < -0.4 is 0 Å². The summed E-state index contributed by atoms with van der Waals surface area (Å²) in [6.07, 6.45) is 8.65. The lowest BCUT2D eigenvalue weighted by Crippen LogP contribution is -2.45. The molecule has 1 saturated heterocycles. The van der Waals surface area contributed by atoms with E-state index in [9.17, 15) is 4.79 Å². The highest BCUT2D eigenvalue weighted by atomic mass is 32.1. The minimum atomic E-state index is 0.163. The average Bonchev–Trinajstić information content (AvgIpc) is 3.18. The second kappa shape index (κ2) is 6.85. The molecule has 5 nitrogen and oxygen atoms in total. The number of aryl methyl sites for hydroxylation is 1. The first-order chi connectivity index (χ1) is 10.3. The van der Waals surface area contributed by atoms with E-state index in [2.05, 4.69) is 32.5 Å². The van der Waals surface area contributed by atoms with Crippen LogP contribution >= 0.6 is 11.3 Å². The van der Waals surface area contributed by atoms with Crippen LogP contribution in [0, 0.1) is 0 Å². The van der Waals surface area contributed by atoms with Crippen molar-refractivity contribution >= 4 is 17.2 Å². The molecule has 1 fully saturated rings. The molecule has 0 radical (unpaired) electrons. The zero-order chi connectivity index (χ0) is 14.5. The molecule has 1 aliphatic heterocycles. The molecule has 1 atom stereocenters. The molecule has 2 aromatic heterocycles. The van der Waals surface area contributed by atoms with Gasteiger partial charge < -0.3 is 4.90 Å². The number of nitrogens with zero attached hydrogens (tertiary/aromatic N) is 4. The summed E-state index contributed by atoms with van der Waals surface area (Å²) in [5.41, 5.74) is 0. The van der Waals surface area contributed by atoms with Crippen LogP contribution in [-0.4, -0.2) is 38.2 Å². The van der Waals surface area contributed by atoms with Crippen molar-refractivity contribution in [2.24, 2.45) is 0 Å². The molecule has 0 spiro atoms. The number of rotatable bonds is 5. The molecule has 1 aliphatic rings. The van der Waals surface area contributed by atoms with Gasteiger partial charge in [0.1, 0.15) is 19.2 Å². The Bertz CT molecular complexity index is 552. The molecule has 0 unspecified atom stereocenters. The molecule has 6 heteroatoms. The van der Waals surface area contributed by atoms with Crippen LogP contribution in [0.3, 0.4) is 0 Å². The Morgan fingerprint density at radius 3 is 3.14 bits per heavy atom. The maximum atomic E-state index is 12.5. The van der Waals surface area contributed by atoms with Gasteiger partial charge >= 0.3 is 0 Å². The molecule has 3 rings (SSSR count). The number of amides is 1. The predicted octanol–water partition coefficient (Wildman–Crippen LogP) is 2.35. The predicted molar refractivity (Wildman–Crippen MR) is 82.0 cm³/mol. The number of carbonyl (C=O) groups is 1. The highest BCUT2D eigenvalue weighted by Gasteiger charge is 2.26. The first-order valence-corrected chi connectivity index (χ1v) is 8.35. The van der Waals surface area contributed by atoms with Gasteiger partial charge in [-0.15, -0.1) is 11.3 Å². The van der Waals surface area contributed by atoms with Gasteiger partial charge in [0.05, 0.1) is 0 Å². The van der Waals surface area contributed by atoms with Crippen molar-refractivity contribution in [3.63, 3.8) is 0 Å². The van der Waals surface area contributed by atoms with Gasteiger partial charge in [0, 0.05) is 17.5 Å². The largest absolute Gasteiger partial charge is 0.338 e. The van der Waals surface area contributed by atoms with Crippen molar-refractivity contribution in [3.05, 3.63) is 35.0 Å². The third kappa shape index (κ3) is 3.69. The first kappa shape index (κ1) is 14.3. The second-order valence-corrected chi connectivity index (χ2v) is 6.48. The van der Waals surface area contributed by atoms with Gasteiger partial charge in [-0.05, 0) is 43.6 Å². The van der Waals surface area contributed by atoms with Crippen molar-refractivity contribution in [1.29, 1.82) is 0 Å². The average molecular weight is 304 g/mol. The number of carbonyl (C=O) groups excluding carboxylic acids is 1. The quantitative estimate of drug-likeness (QED) is 0.852. The van der Waals surface area contributed by atoms with Crippen LogP contribution in [0.25, 0.3) is 0 Å². The Balaban J connectivity index is 1.59. The van der Waals surface area contributed by atoms with E-state index in [0.717, 1.165) is 32.2 Å². The van der Waals surface area contributed by atoms with Gasteiger partial charge in [0.15, 0.2) is 0 Å². The van der Waals surface area contributed by atoms with E-state index in [1.807, 2.05) is 0 Å². The fraction of sp³-hybridized carbons (Fsp3) is 0.533. The highest BCUT2D eigenvalue weighted by Crippen LogP contribution is 2.23. The van der Waals surface area contributed by atoms with E-state index in [-0.39, 0.29) is 5.91 Å². The molecular weight excluding hydrogens is 284 g/mol. The summed E-state index contributed by atoms with van der Waals surface area (Å²) in [4.78, 5) is 19.8. The molecule has 0 saturated carbocycles. The maximum absolute atomic E-state index is 12.5. The van der Waals surface area contributed by atoms with E-state index in [4.69, 9.17) is 0 Å². The lowest BCUT2D eigenvalue weighted by molar-refractivity contribution is -0.135. The first-order valence-electron chi connectivity index (χ1n) is 7.47. The third-order valence-electron chi connectivity index (χ3n) is 4.02. The standard InChI is InChI=1S/C15H20N4OS/c20-15(10-18-12-16-11-17-18)19-8-2-1-4-13(19)6-7-14-5-3-9-21-14/h3,5,9,11-13H,1-2,4,6-8,10H2/t13-/m0/s1. The van der Waals surface area contributed by atoms with Crippen LogP contribution in [0.15, 0.2) is 30.2 Å². The van der Waals surface area contributed by atoms with E-state index in [1.54, 1.807) is 22.3 Å². The molecule has 112 valence electrons. The van der Waals surface area contributed by atoms with Gasteiger partial charge in [0.25, 0.3) is 0 Å². The topological polar surface area (TPSA) is 51.0 Å². The Hall–Kier alpha value is -1.69. The summed E-state index contributed by atoms with van der Waals surface area (Å²) in [7, 11) is 0. The number of thiophene rings is 1. The van der Waals surface area contributed by atoms with Gasteiger partial charge in [-0.2, -0.15) is 5.10 Å². The summed E-state index contributed by atoms with van der Waals surface area (Å²) >= 11 is 1.80. The minimum Gasteiger partial charge on any atom is -0.338 e. The number of hydrogen-bond acceptors (Lipinski definition) is 4. The maximum Gasteiger partial charge on any atom is 0.244 e. The molecule has 3 heterocycles. The Kier molecular flexibility index (Phi) is 4.65. The molecule has 21 heavy (non-hydrogen) atoms. The molecule has 1 amide bonds. The molecule has 0 bridgehead atoms. The Morgan fingerprint density at radius 1 is 1.43 bits per heavy atom. The van der Waals surface area contributed by atoms with Crippen molar-refractivity contribution in [1.82, 2.24) is 19.7 Å². The van der Waals surface area contributed by atoms with Crippen LogP contribution in [0.2, 0.25) is 0 Å². The van der Waals surface area contributed by atoms with Gasteiger partial charge in [-0.25, -0.2) is 9.67 Å². The fourth-order valence-corrected chi connectivity index (χ4v) is 3.66. The Labute approximate surface area is 128 Å². The molecule has 0 N–H and O–H groups in total. The number of likely N-dealkylation sites (tertiary alicyclic amines) is 1. The van der Waals surface area contributed by atoms with Crippen LogP contribution in [0.4, 0.5) is 0 Å². The second-order valence-electron chi connectivity index (χ2n) is 5.45. The van der Waals surface area contributed by atoms with Crippen molar-refractivity contribution < 1.29 is 4.79 Å². The van der Waals surface area contributed by atoms with Gasteiger partial charge in [-0.3, -0.25) is 4.79 Å². The molecule has 2 aromatic rings. The van der Waals surface area contributed by atoms with Gasteiger partial charge in [-0.1, -0.05) is 6.07 Å². The van der Waals surface area contributed by atoms with E-state index in [0.29, 0.717) is 12.6 Å². The van der Waals surface area contributed by atoms with E-state index < -0.39 is 0 Å². The monoisotopic (exact) mass is 304 g/mol. The van der Waals surface area contributed by atoms with Crippen LogP contribution in [0.1, 0.15) is 30.6 Å². The molecular formula is C15H20N4OS. The zero-order valence-electron chi connectivity index (χ0n) is 12.0.